The van der Waals surface area contributed by atoms with Crippen LogP contribution in [0.3, 0.4) is 0 Å². The van der Waals surface area contributed by atoms with Crippen molar-refractivity contribution in [2.24, 2.45) is 35.5 Å². The van der Waals surface area contributed by atoms with Crippen molar-refractivity contribution in [1.82, 2.24) is 4.90 Å². The second-order valence-corrected chi connectivity index (χ2v) is 19.0. The molecule has 0 aromatic rings. The molecule has 19 atom stereocenters. The van der Waals surface area contributed by atoms with Crippen LogP contribution >= 0.6 is 0 Å². The summed E-state index contributed by atoms with van der Waals surface area (Å²) in [5.41, 5.74) is -3.85. The summed E-state index contributed by atoms with van der Waals surface area (Å²) in [4.78, 5) is 56.7. The maximum Gasteiger partial charge on any atom is 0.373 e. The molecule has 0 aromatic carbocycles. The van der Waals surface area contributed by atoms with Crippen LogP contribution in [0.25, 0.3) is 0 Å². The van der Waals surface area contributed by atoms with E-state index < -0.39 is 125 Å². The lowest BCUT2D eigenvalue weighted by Crippen LogP contribution is -2.61. The molecule has 3 aliphatic heterocycles. The van der Waals surface area contributed by atoms with Gasteiger partial charge in [0, 0.05) is 50.2 Å². The Morgan fingerprint density at radius 1 is 0.841 bits per heavy atom. The molecule has 0 amide bonds. The van der Waals surface area contributed by atoms with Crippen molar-refractivity contribution in [2.45, 2.75) is 181 Å². The van der Waals surface area contributed by atoms with Crippen LogP contribution in [0, 0.1) is 35.5 Å². The number of methoxy groups -OCH3 is 2. The van der Waals surface area contributed by atoms with Crippen LogP contribution in [0.4, 0.5) is 0 Å². The number of aliphatic hydroxyl groups excluding tert-OH is 1. The number of carbonyl (C=O) groups excluding carboxylic acids is 4. The summed E-state index contributed by atoms with van der Waals surface area (Å²) in [7, 11) is 6.83. The fraction of sp³-hybridized carbons (Fsp3) is 0.870. The summed E-state index contributed by atoms with van der Waals surface area (Å²) < 4.78 is 62.4. The van der Waals surface area contributed by atoms with E-state index in [0.717, 1.165) is 6.08 Å². The van der Waals surface area contributed by atoms with Crippen LogP contribution in [-0.2, 0) is 66.5 Å². The molecule has 1 saturated carbocycles. The third kappa shape index (κ3) is 11.3. The van der Waals surface area contributed by atoms with Crippen molar-refractivity contribution in [1.29, 1.82) is 0 Å². The molecule has 0 bridgehead atoms. The molecule has 4 rings (SSSR count). The second-order valence-electron chi connectivity index (χ2n) is 19.0. The van der Waals surface area contributed by atoms with Crippen molar-refractivity contribution in [3.8, 4) is 0 Å². The minimum absolute atomic E-state index is 0.00279. The molecule has 4 aliphatic rings. The fourth-order valence-corrected chi connectivity index (χ4v) is 9.89. The van der Waals surface area contributed by atoms with E-state index in [1.807, 2.05) is 53.6 Å². The summed E-state index contributed by atoms with van der Waals surface area (Å²) in [6.45, 7) is 21.4. The van der Waals surface area contributed by atoms with E-state index in [1.54, 1.807) is 55.6 Å². The Hall–Kier alpha value is -2.74. The third-order valence-corrected chi connectivity index (χ3v) is 14.5. The first-order chi connectivity index (χ1) is 29.3. The summed E-state index contributed by atoms with van der Waals surface area (Å²) in [5, 5.41) is 23.2. The van der Waals surface area contributed by atoms with Gasteiger partial charge in [0.2, 0.25) is 5.76 Å². The number of nitrogens with zero attached hydrogens (tertiary/aromatic N) is 1. The van der Waals surface area contributed by atoms with E-state index in [2.05, 4.69) is 0 Å². The van der Waals surface area contributed by atoms with Gasteiger partial charge in [-0.05, 0) is 75.4 Å². The molecular weight excluding hydrogens is 822 g/mol. The fourth-order valence-electron chi connectivity index (χ4n) is 9.89. The molecule has 2 unspecified atom stereocenters. The largest absolute Gasteiger partial charge is 0.476 e. The molecular formula is C46H77NO16. The highest BCUT2D eigenvalue weighted by atomic mass is 16.7. The van der Waals surface area contributed by atoms with E-state index in [1.165, 1.54) is 7.11 Å². The Bertz CT molecular complexity index is 1630. The number of ketones is 1. The molecule has 17 heteroatoms. The Balaban J connectivity index is 1.92. The molecule has 1 aliphatic carbocycles. The minimum Gasteiger partial charge on any atom is -0.476 e. The van der Waals surface area contributed by atoms with Crippen LogP contribution in [0.5, 0.6) is 0 Å². The predicted octanol–water partition coefficient (Wildman–Crippen LogP) is 3.97. The number of carbonyl (C=O) groups is 4. The van der Waals surface area contributed by atoms with E-state index >= 15 is 0 Å². The van der Waals surface area contributed by atoms with Gasteiger partial charge in [-0.15, -0.1) is 0 Å². The van der Waals surface area contributed by atoms with Crippen LogP contribution in [0.15, 0.2) is 11.8 Å². The van der Waals surface area contributed by atoms with Crippen LogP contribution in [0.1, 0.15) is 102 Å². The van der Waals surface area contributed by atoms with Gasteiger partial charge in [-0.1, -0.05) is 34.6 Å². The minimum atomic E-state index is -1.85. The van der Waals surface area contributed by atoms with Gasteiger partial charge in [0.15, 0.2) is 18.7 Å². The average molecular weight is 900 g/mol. The van der Waals surface area contributed by atoms with Gasteiger partial charge in [-0.25, -0.2) is 9.59 Å². The Morgan fingerprint density at radius 3 is 2.03 bits per heavy atom. The molecule has 0 radical (unpaired) electrons. The number of hydrogen-bond donors (Lipinski definition) is 2. The second kappa shape index (κ2) is 21.3. The van der Waals surface area contributed by atoms with Gasteiger partial charge in [0.05, 0.1) is 73.0 Å². The van der Waals surface area contributed by atoms with Gasteiger partial charge >= 0.3 is 17.9 Å². The number of aliphatic hydroxyl groups is 2. The van der Waals surface area contributed by atoms with Crippen molar-refractivity contribution >= 4 is 23.7 Å². The molecule has 3 saturated heterocycles. The quantitative estimate of drug-likeness (QED) is 0.116. The number of fused-ring (bicyclic) bond motifs is 1. The van der Waals surface area contributed by atoms with E-state index in [4.69, 9.17) is 47.4 Å². The molecule has 362 valence electrons. The number of ether oxygens (including phenoxy) is 10. The van der Waals surface area contributed by atoms with Gasteiger partial charge in [-0.3, -0.25) is 9.59 Å². The zero-order valence-corrected chi connectivity index (χ0v) is 40.4. The standard InChI is InChI=1S/C46H77NO16/c1-17-56-33(48)20-32(42(52)57-18-2)60-37-31(47(13)14)19-24(4)58-43(37)63-39-26(6)36(61-34-22-44(11,54-15)28(8)30(10)59-34)27(7)41(51)62-40-29(9)46(40,53)38(50)25(5)35(49)23(3)21-45(39,12)55-16/h20,23-31,34,36-40,43,50,53H,17-19,21-22H2,1-16H3/b32-20+/t23-,24-,25?,26+,27-,28+,29?,30+,31+,34+,36+,37-,38-,39-,40-,43+,44-,45+,46+/m1/s1. The number of esters is 3. The molecule has 2 N–H and O–H groups in total. The van der Waals surface area contributed by atoms with Gasteiger partial charge in [0.1, 0.15) is 17.5 Å². The summed E-state index contributed by atoms with van der Waals surface area (Å²) in [5.74, 6) is -7.44. The Kier molecular flexibility index (Phi) is 17.8. The number of rotatable bonds is 13. The van der Waals surface area contributed by atoms with Crippen LogP contribution < -0.4 is 0 Å². The number of likely N-dealkylation sites (N-methyl/N-ethyl adjacent to an activating group) is 1. The van der Waals surface area contributed by atoms with Crippen molar-refractivity contribution in [2.75, 3.05) is 41.5 Å². The SMILES string of the molecule is CCOC(=O)/C=C(/O[C@H]1[C@H](O[C@@H]2[C@@H](C)[C@H](O[C@H]3C[C@@](C)(OC)[C@@H](C)[C@H](C)O3)[C@@H](C)C(=O)O[C@@H]3C(C)[C@]3(O)[C@H](O)C(C)C(=O)[C@H](C)C[C@]2(C)OC)O[C@H](C)C[C@@H]1N(C)C)C(=O)OCC. The number of hydrogen-bond acceptors (Lipinski definition) is 17. The van der Waals surface area contributed by atoms with Crippen molar-refractivity contribution in [3.05, 3.63) is 11.8 Å². The first-order valence-electron chi connectivity index (χ1n) is 22.6. The summed E-state index contributed by atoms with van der Waals surface area (Å²) >= 11 is 0. The smallest absolute Gasteiger partial charge is 0.373 e. The lowest BCUT2D eigenvalue weighted by molar-refractivity contribution is -0.316. The maximum absolute atomic E-state index is 14.4. The molecule has 4 fully saturated rings. The Morgan fingerprint density at radius 2 is 1.46 bits per heavy atom. The van der Waals surface area contributed by atoms with Crippen molar-refractivity contribution in [3.63, 3.8) is 0 Å². The van der Waals surface area contributed by atoms with Crippen molar-refractivity contribution < 1.29 is 76.8 Å². The predicted molar refractivity (Wildman–Crippen MR) is 228 cm³/mol. The van der Waals surface area contributed by atoms with E-state index in [9.17, 15) is 29.4 Å². The first-order valence-corrected chi connectivity index (χ1v) is 22.6. The van der Waals surface area contributed by atoms with Gasteiger partial charge in [0.25, 0.3) is 0 Å². The summed E-state index contributed by atoms with van der Waals surface area (Å²) in [6, 6.07) is -0.449. The molecule has 17 nitrogen and oxygen atoms in total. The molecule has 0 spiro atoms. The third-order valence-electron chi connectivity index (χ3n) is 14.5. The van der Waals surface area contributed by atoms with E-state index in [-0.39, 0.29) is 37.4 Å². The topological polar surface area (TPSA) is 204 Å². The molecule has 0 aromatic heterocycles. The first kappa shape index (κ1) is 52.9. The Labute approximate surface area is 374 Å². The monoisotopic (exact) mass is 900 g/mol. The lowest BCUT2D eigenvalue weighted by atomic mass is 9.75. The van der Waals surface area contributed by atoms with E-state index in [0.29, 0.717) is 12.8 Å². The van der Waals surface area contributed by atoms with Crippen LogP contribution in [-0.4, -0.2) is 158 Å². The maximum atomic E-state index is 14.4. The molecule has 63 heavy (non-hydrogen) atoms. The highest BCUT2D eigenvalue weighted by Gasteiger charge is 2.70. The highest BCUT2D eigenvalue weighted by molar-refractivity contribution is 5.94. The molecule has 3 heterocycles. The van der Waals surface area contributed by atoms with Crippen LogP contribution in [0.2, 0.25) is 0 Å². The highest BCUT2D eigenvalue weighted by Crippen LogP contribution is 2.52. The zero-order chi connectivity index (χ0) is 47.5. The van der Waals surface area contributed by atoms with Gasteiger partial charge < -0.3 is 62.5 Å². The average Bonchev–Trinajstić information content (AvgIpc) is 3.76. The normalized spacial score (nSPS) is 44.2. The van der Waals surface area contributed by atoms with Gasteiger partial charge in [-0.2, -0.15) is 0 Å². The zero-order valence-electron chi connectivity index (χ0n) is 40.4. The summed E-state index contributed by atoms with van der Waals surface area (Å²) in [6.07, 6.45) is -6.88. The lowest BCUT2D eigenvalue weighted by Gasteiger charge is -2.50. The number of Topliss-reactive ketones (excluding diaryl/α,β-unsaturated/α-hetero) is 1.